The summed E-state index contributed by atoms with van der Waals surface area (Å²) in [4.78, 5) is 4.08. The topological polar surface area (TPSA) is 81.8 Å². The summed E-state index contributed by atoms with van der Waals surface area (Å²) in [5.74, 6) is 1.82. The minimum absolute atomic E-state index is 0.477. The van der Waals surface area contributed by atoms with E-state index in [2.05, 4.69) is 41.5 Å². The van der Waals surface area contributed by atoms with Gasteiger partial charge in [-0.2, -0.15) is 5.10 Å². The van der Waals surface area contributed by atoms with Crippen LogP contribution in [0.2, 0.25) is 0 Å². The van der Waals surface area contributed by atoms with E-state index in [-0.39, 0.29) is 0 Å². The van der Waals surface area contributed by atoms with Gasteiger partial charge in [-0.15, -0.1) is 11.3 Å². The Morgan fingerprint density at radius 3 is 2.81 bits per heavy atom. The summed E-state index contributed by atoms with van der Waals surface area (Å²) in [6.45, 7) is 4.69. The smallest absolute Gasteiger partial charge is 0.205 e. The molecule has 0 fully saturated rings. The molecule has 1 aromatic heterocycles. The lowest BCUT2D eigenvalue weighted by Gasteiger charge is -2.13. The summed E-state index contributed by atoms with van der Waals surface area (Å²) in [6.07, 6.45) is 1.69. The molecule has 6 nitrogen and oxygen atoms in total. The quantitative estimate of drug-likeness (QED) is 0.468. The Balaban J connectivity index is 1.67. The summed E-state index contributed by atoms with van der Waals surface area (Å²) in [7, 11) is 1.62. The molecule has 3 rings (SSSR count). The van der Waals surface area contributed by atoms with E-state index in [1.165, 1.54) is 22.5 Å². The number of ether oxygens (including phenoxy) is 2. The lowest BCUT2D eigenvalue weighted by molar-refractivity contribution is 0.284. The van der Waals surface area contributed by atoms with Gasteiger partial charge in [-0.05, 0) is 54.3 Å². The number of aromatic nitrogens is 1. The normalized spacial score (nSPS) is 10.9. The molecule has 2 aromatic carbocycles. The molecular formula is C20H22N4O2S. The molecule has 0 aliphatic heterocycles. The molecular weight excluding hydrogens is 360 g/mol. The average molecular weight is 382 g/mol. The van der Waals surface area contributed by atoms with Gasteiger partial charge >= 0.3 is 0 Å². The second-order valence-corrected chi connectivity index (χ2v) is 6.86. The summed E-state index contributed by atoms with van der Waals surface area (Å²) < 4.78 is 11.4. The number of rotatable bonds is 7. The predicted molar refractivity (Wildman–Crippen MR) is 111 cm³/mol. The van der Waals surface area contributed by atoms with Gasteiger partial charge in [-0.25, -0.2) is 4.98 Å². The molecule has 0 amide bonds. The fraction of sp³-hybridized carbons (Fsp3) is 0.200. The first-order valence-electron chi connectivity index (χ1n) is 8.43. The molecule has 0 bridgehead atoms. The Morgan fingerprint density at radius 1 is 1.22 bits per heavy atom. The summed E-state index contributed by atoms with van der Waals surface area (Å²) in [5.41, 5.74) is 13.0. The van der Waals surface area contributed by atoms with E-state index in [1.54, 1.807) is 18.7 Å². The number of benzene rings is 2. The van der Waals surface area contributed by atoms with Gasteiger partial charge in [0, 0.05) is 5.38 Å². The Kier molecular flexibility index (Phi) is 5.93. The molecule has 7 heteroatoms. The van der Waals surface area contributed by atoms with Crippen molar-refractivity contribution in [2.75, 3.05) is 18.3 Å². The van der Waals surface area contributed by atoms with Crippen LogP contribution >= 0.6 is 11.3 Å². The number of methoxy groups -OCH3 is 1. The molecule has 0 atom stereocenters. The number of nitrogens with one attached hydrogen (secondary N) is 1. The summed E-state index contributed by atoms with van der Waals surface area (Å²) in [5, 5.41) is 6.56. The van der Waals surface area contributed by atoms with E-state index in [0.717, 1.165) is 11.1 Å². The second-order valence-electron chi connectivity index (χ2n) is 6.01. The molecule has 27 heavy (non-hydrogen) atoms. The predicted octanol–water partition coefficient (Wildman–Crippen LogP) is 4.38. The Morgan fingerprint density at radius 2 is 2.07 bits per heavy atom. The maximum absolute atomic E-state index is 5.97. The number of hydrogen-bond donors (Lipinski definition) is 2. The second kappa shape index (κ2) is 8.55. The third-order valence-corrected chi connectivity index (χ3v) is 4.95. The van der Waals surface area contributed by atoms with Crippen LogP contribution in [-0.4, -0.2) is 18.3 Å². The fourth-order valence-corrected chi connectivity index (χ4v) is 3.06. The standard InChI is InChI=1S/C20H22N4O2S/c1-13-5-4-6-16(14(13)2)11-26-17-8-7-15(9-18(17)25-3)10-22-24-20-23-19(21)12-27-20/h4-10,12H,11,21H2,1-3H3,(H,23,24). The van der Waals surface area contributed by atoms with Crippen molar-refractivity contribution in [2.24, 2.45) is 5.10 Å². The fourth-order valence-electron chi connectivity index (χ4n) is 2.51. The van der Waals surface area contributed by atoms with Crippen LogP contribution in [0.15, 0.2) is 46.9 Å². The summed E-state index contributed by atoms with van der Waals surface area (Å²) >= 11 is 1.40. The van der Waals surface area contributed by atoms with Crippen molar-refractivity contribution < 1.29 is 9.47 Å². The number of nitrogen functional groups attached to an aromatic ring is 1. The van der Waals surface area contributed by atoms with Crippen LogP contribution in [0.1, 0.15) is 22.3 Å². The number of thiazole rings is 1. The highest BCUT2D eigenvalue weighted by molar-refractivity contribution is 7.14. The van der Waals surface area contributed by atoms with E-state index in [9.17, 15) is 0 Å². The third-order valence-electron chi connectivity index (χ3n) is 4.18. The Bertz CT molecular complexity index is 953. The Hall–Kier alpha value is -3.06. The first kappa shape index (κ1) is 18.7. The minimum Gasteiger partial charge on any atom is -0.493 e. The van der Waals surface area contributed by atoms with E-state index < -0.39 is 0 Å². The zero-order valence-corrected chi connectivity index (χ0v) is 16.3. The maximum atomic E-state index is 5.97. The van der Waals surface area contributed by atoms with Crippen LogP contribution in [0, 0.1) is 13.8 Å². The number of nitrogens with two attached hydrogens (primary N) is 1. The van der Waals surface area contributed by atoms with Crippen molar-refractivity contribution in [2.45, 2.75) is 20.5 Å². The molecule has 0 aliphatic carbocycles. The molecule has 3 N–H and O–H groups in total. The third kappa shape index (κ3) is 4.77. The van der Waals surface area contributed by atoms with Crippen molar-refractivity contribution in [3.8, 4) is 11.5 Å². The van der Waals surface area contributed by atoms with Crippen molar-refractivity contribution in [3.63, 3.8) is 0 Å². The first-order valence-corrected chi connectivity index (χ1v) is 9.31. The summed E-state index contributed by atoms with van der Waals surface area (Å²) in [6, 6.07) is 11.9. The lowest BCUT2D eigenvalue weighted by atomic mass is 10.0. The zero-order chi connectivity index (χ0) is 19.2. The van der Waals surface area contributed by atoms with Crippen LogP contribution < -0.4 is 20.6 Å². The van der Waals surface area contributed by atoms with Crippen LogP contribution in [0.5, 0.6) is 11.5 Å². The van der Waals surface area contributed by atoms with Crippen LogP contribution in [0.3, 0.4) is 0 Å². The number of hydrazone groups is 1. The van der Waals surface area contributed by atoms with Crippen molar-refractivity contribution in [1.29, 1.82) is 0 Å². The van der Waals surface area contributed by atoms with Gasteiger partial charge in [-0.3, -0.25) is 5.43 Å². The lowest BCUT2D eigenvalue weighted by Crippen LogP contribution is -2.01. The molecule has 0 unspecified atom stereocenters. The van der Waals surface area contributed by atoms with Crippen LogP contribution in [-0.2, 0) is 6.61 Å². The molecule has 0 spiro atoms. The monoisotopic (exact) mass is 382 g/mol. The van der Waals surface area contributed by atoms with Crippen molar-refractivity contribution in [3.05, 3.63) is 64.0 Å². The average Bonchev–Trinajstić information content (AvgIpc) is 3.08. The number of nitrogens with zero attached hydrogens (tertiary/aromatic N) is 2. The van der Waals surface area contributed by atoms with Gasteiger partial charge in [0.15, 0.2) is 11.5 Å². The first-order chi connectivity index (χ1) is 13.1. The number of anilines is 2. The van der Waals surface area contributed by atoms with Crippen molar-refractivity contribution >= 4 is 28.5 Å². The maximum Gasteiger partial charge on any atom is 0.205 e. The molecule has 0 radical (unpaired) electrons. The molecule has 1 heterocycles. The minimum atomic E-state index is 0.477. The number of aryl methyl sites for hydroxylation is 1. The van der Waals surface area contributed by atoms with Gasteiger partial charge in [0.2, 0.25) is 5.13 Å². The molecule has 0 aliphatic rings. The van der Waals surface area contributed by atoms with Gasteiger partial charge in [0.05, 0.1) is 13.3 Å². The van der Waals surface area contributed by atoms with Crippen LogP contribution in [0.4, 0.5) is 10.9 Å². The van der Waals surface area contributed by atoms with E-state index in [0.29, 0.717) is 29.1 Å². The zero-order valence-electron chi connectivity index (χ0n) is 15.5. The molecule has 0 saturated carbocycles. The van der Waals surface area contributed by atoms with E-state index in [4.69, 9.17) is 15.2 Å². The highest BCUT2D eigenvalue weighted by Crippen LogP contribution is 2.29. The van der Waals surface area contributed by atoms with E-state index >= 15 is 0 Å². The van der Waals surface area contributed by atoms with Gasteiger partial charge < -0.3 is 15.2 Å². The Labute approximate surface area is 162 Å². The molecule has 0 saturated heterocycles. The number of hydrogen-bond acceptors (Lipinski definition) is 7. The largest absolute Gasteiger partial charge is 0.493 e. The van der Waals surface area contributed by atoms with Crippen molar-refractivity contribution in [1.82, 2.24) is 4.98 Å². The molecule has 3 aromatic rings. The SMILES string of the molecule is COc1cc(C=NNc2nc(N)cs2)ccc1OCc1cccc(C)c1C. The van der Waals surface area contributed by atoms with Crippen LogP contribution in [0.25, 0.3) is 0 Å². The van der Waals surface area contributed by atoms with Gasteiger partial charge in [0.1, 0.15) is 12.4 Å². The van der Waals surface area contributed by atoms with Gasteiger partial charge in [-0.1, -0.05) is 18.2 Å². The highest BCUT2D eigenvalue weighted by atomic mass is 32.1. The van der Waals surface area contributed by atoms with E-state index in [1.807, 2.05) is 24.3 Å². The highest BCUT2D eigenvalue weighted by Gasteiger charge is 2.07. The molecule has 140 valence electrons. The van der Waals surface area contributed by atoms with Gasteiger partial charge in [0.25, 0.3) is 0 Å².